The van der Waals surface area contributed by atoms with Crippen LogP contribution in [0.3, 0.4) is 0 Å². The van der Waals surface area contributed by atoms with E-state index in [1.807, 2.05) is 7.05 Å². The van der Waals surface area contributed by atoms with Crippen molar-refractivity contribution in [2.24, 2.45) is 4.99 Å². The molecule has 1 aliphatic rings. The van der Waals surface area contributed by atoms with E-state index < -0.39 is 0 Å². The summed E-state index contributed by atoms with van der Waals surface area (Å²) in [7, 11) is 1.84. The zero-order valence-corrected chi connectivity index (χ0v) is 16.2. The number of nitrogens with zero attached hydrogens (tertiary/aromatic N) is 2. The molecule has 5 heteroatoms. The van der Waals surface area contributed by atoms with Gasteiger partial charge in [-0.2, -0.15) is 11.8 Å². The Kier molecular flexibility index (Phi) is 8.47. The summed E-state index contributed by atoms with van der Waals surface area (Å²) in [6.07, 6.45) is 2.67. The Morgan fingerprint density at radius 2 is 2.04 bits per heavy atom. The van der Waals surface area contributed by atoms with Crippen molar-refractivity contribution in [1.82, 2.24) is 15.5 Å². The lowest BCUT2D eigenvalue weighted by Crippen LogP contribution is -2.39. The Morgan fingerprint density at radius 3 is 2.71 bits per heavy atom. The molecule has 0 aromatic heterocycles. The third-order valence-corrected chi connectivity index (χ3v) is 5.89. The summed E-state index contributed by atoms with van der Waals surface area (Å²) in [6.45, 7) is 9.45. The Labute approximate surface area is 151 Å². The second kappa shape index (κ2) is 10.6. The number of benzene rings is 1. The first-order chi connectivity index (χ1) is 11.7. The zero-order chi connectivity index (χ0) is 17.2. The summed E-state index contributed by atoms with van der Waals surface area (Å²) >= 11 is 2.07. The predicted molar refractivity (Wildman–Crippen MR) is 107 cm³/mol. The summed E-state index contributed by atoms with van der Waals surface area (Å²) in [4.78, 5) is 6.78. The van der Waals surface area contributed by atoms with Gasteiger partial charge in [0.15, 0.2) is 5.96 Å². The van der Waals surface area contributed by atoms with E-state index in [2.05, 4.69) is 70.4 Å². The highest BCUT2D eigenvalue weighted by atomic mass is 32.2. The van der Waals surface area contributed by atoms with Gasteiger partial charge >= 0.3 is 0 Å². The number of nitrogens with one attached hydrogen (secondary N) is 2. The van der Waals surface area contributed by atoms with Crippen molar-refractivity contribution in [2.75, 3.05) is 32.4 Å². The highest BCUT2D eigenvalue weighted by Crippen LogP contribution is 2.25. The number of thioether (sulfide) groups is 1. The molecule has 0 radical (unpaired) electrons. The zero-order valence-electron chi connectivity index (χ0n) is 15.3. The maximum absolute atomic E-state index is 4.34. The molecule has 4 nitrogen and oxygen atoms in total. The number of guanidine groups is 1. The normalized spacial score (nSPS) is 18.2. The Balaban J connectivity index is 1.81. The van der Waals surface area contributed by atoms with Crippen molar-refractivity contribution in [1.29, 1.82) is 0 Å². The first-order valence-corrected chi connectivity index (χ1v) is 10.2. The van der Waals surface area contributed by atoms with Gasteiger partial charge in [0.1, 0.15) is 0 Å². The van der Waals surface area contributed by atoms with E-state index >= 15 is 0 Å². The molecule has 0 bridgehead atoms. The standard InChI is InChI=1S/C19H32N4S/c1-4-23(5-2)15-17-9-6-8-16(12-17)13-21-19(20-3)22-14-18-10-7-11-24-18/h6,8-9,12,18H,4-5,7,10-11,13-15H2,1-3H3,(H2,20,21,22). The average molecular weight is 349 g/mol. The molecular formula is C19H32N4S. The van der Waals surface area contributed by atoms with Crippen LogP contribution in [0.2, 0.25) is 0 Å². The molecule has 0 spiro atoms. The van der Waals surface area contributed by atoms with E-state index in [4.69, 9.17) is 0 Å². The summed E-state index contributed by atoms with van der Waals surface area (Å²) in [6, 6.07) is 8.84. The maximum Gasteiger partial charge on any atom is 0.191 e. The quantitative estimate of drug-likeness (QED) is 0.559. The second-order valence-electron chi connectivity index (χ2n) is 6.22. The largest absolute Gasteiger partial charge is 0.355 e. The topological polar surface area (TPSA) is 39.7 Å². The molecule has 0 saturated carbocycles. The van der Waals surface area contributed by atoms with Crippen molar-refractivity contribution < 1.29 is 0 Å². The molecule has 1 heterocycles. The SMILES string of the molecule is CCN(CC)Cc1cccc(CNC(=NC)NCC2CCCS2)c1. The number of aliphatic imine (C=N–C) groups is 1. The van der Waals surface area contributed by atoms with Gasteiger partial charge in [0.25, 0.3) is 0 Å². The smallest absolute Gasteiger partial charge is 0.191 e. The third kappa shape index (κ3) is 6.36. The minimum atomic E-state index is 0.737. The Morgan fingerprint density at radius 1 is 1.25 bits per heavy atom. The Bertz CT molecular complexity index is 508. The molecule has 1 saturated heterocycles. The first kappa shape index (κ1) is 19.1. The summed E-state index contributed by atoms with van der Waals surface area (Å²) in [5.74, 6) is 2.20. The Hall–Kier alpha value is -1.20. The van der Waals surface area contributed by atoms with Crippen molar-refractivity contribution >= 4 is 17.7 Å². The van der Waals surface area contributed by atoms with E-state index in [9.17, 15) is 0 Å². The number of hydrogen-bond donors (Lipinski definition) is 2. The van der Waals surface area contributed by atoms with Crippen LogP contribution in [0.25, 0.3) is 0 Å². The van der Waals surface area contributed by atoms with Gasteiger partial charge < -0.3 is 10.6 Å². The molecule has 1 aromatic rings. The first-order valence-electron chi connectivity index (χ1n) is 9.11. The number of hydrogen-bond acceptors (Lipinski definition) is 3. The van der Waals surface area contributed by atoms with Crippen molar-refractivity contribution in [3.63, 3.8) is 0 Å². The monoisotopic (exact) mass is 348 g/mol. The summed E-state index contributed by atoms with van der Waals surface area (Å²) in [5.41, 5.74) is 2.68. The van der Waals surface area contributed by atoms with Crippen LogP contribution in [0.5, 0.6) is 0 Å². The van der Waals surface area contributed by atoms with Crippen LogP contribution in [0.15, 0.2) is 29.3 Å². The van der Waals surface area contributed by atoms with Crippen LogP contribution >= 0.6 is 11.8 Å². The maximum atomic E-state index is 4.34. The molecule has 1 fully saturated rings. The molecule has 0 aliphatic carbocycles. The molecule has 24 heavy (non-hydrogen) atoms. The molecule has 1 aromatic carbocycles. The van der Waals surface area contributed by atoms with Gasteiger partial charge in [-0.25, -0.2) is 0 Å². The van der Waals surface area contributed by atoms with Crippen molar-refractivity contribution in [3.05, 3.63) is 35.4 Å². The molecule has 2 rings (SSSR count). The lowest BCUT2D eigenvalue weighted by atomic mass is 10.1. The molecule has 0 amide bonds. The number of rotatable bonds is 8. The van der Waals surface area contributed by atoms with Crippen LogP contribution in [0.4, 0.5) is 0 Å². The van der Waals surface area contributed by atoms with Crippen LogP contribution in [-0.2, 0) is 13.1 Å². The van der Waals surface area contributed by atoms with Crippen LogP contribution in [-0.4, -0.2) is 48.5 Å². The van der Waals surface area contributed by atoms with Gasteiger partial charge in [-0.05, 0) is 42.8 Å². The predicted octanol–water partition coefficient (Wildman–Crippen LogP) is 3.09. The fourth-order valence-electron chi connectivity index (χ4n) is 2.97. The lowest BCUT2D eigenvalue weighted by Gasteiger charge is -2.19. The van der Waals surface area contributed by atoms with Crippen molar-refractivity contribution in [3.8, 4) is 0 Å². The van der Waals surface area contributed by atoms with Crippen LogP contribution in [0, 0.1) is 0 Å². The highest BCUT2D eigenvalue weighted by Gasteiger charge is 2.15. The van der Waals surface area contributed by atoms with Gasteiger partial charge in [0.2, 0.25) is 0 Å². The van der Waals surface area contributed by atoms with Gasteiger partial charge in [-0.3, -0.25) is 9.89 Å². The minimum absolute atomic E-state index is 0.737. The summed E-state index contributed by atoms with van der Waals surface area (Å²) < 4.78 is 0. The molecular weight excluding hydrogens is 316 g/mol. The second-order valence-corrected chi connectivity index (χ2v) is 7.63. The molecule has 134 valence electrons. The van der Waals surface area contributed by atoms with E-state index in [1.54, 1.807) is 0 Å². The highest BCUT2D eigenvalue weighted by molar-refractivity contribution is 8.00. The van der Waals surface area contributed by atoms with Gasteiger partial charge in [-0.1, -0.05) is 38.1 Å². The average Bonchev–Trinajstić information content (AvgIpc) is 3.13. The van der Waals surface area contributed by atoms with Crippen LogP contribution < -0.4 is 10.6 Å². The fraction of sp³-hybridized carbons (Fsp3) is 0.632. The van der Waals surface area contributed by atoms with Gasteiger partial charge in [0, 0.05) is 31.9 Å². The molecule has 1 unspecified atom stereocenters. The fourth-order valence-corrected chi connectivity index (χ4v) is 4.17. The van der Waals surface area contributed by atoms with E-state index in [1.165, 1.54) is 29.7 Å². The molecule has 1 atom stereocenters. The van der Waals surface area contributed by atoms with Crippen molar-refractivity contribution in [2.45, 2.75) is 45.0 Å². The van der Waals surface area contributed by atoms with E-state index in [0.29, 0.717) is 0 Å². The third-order valence-electron chi connectivity index (χ3n) is 4.50. The molecule has 2 N–H and O–H groups in total. The van der Waals surface area contributed by atoms with Gasteiger partial charge in [-0.15, -0.1) is 0 Å². The van der Waals surface area contributed by atoms with Gasteiger partial charge in [0.05, 0.1) is 0 Å². The van der Waals surface area contributed by atoms with E-state index in [0.717, 1.165) is 43.9 Å². The van der Waals surface area contributed by atoms with E-state index in [-0.39, 0.29) is 0 Å². The molecule has 1 aliphatic heterocycles. The summed E-state index contributed by atoms with van der Waals surface area (Å²) in [5, 5.41) is 7.63. The van der Waals surface area contributed by atoms with Crippen LogP contribution in [0.1, 0.15) is 37.8 Å². The lowest BCUT2D eigenvalue weighted by molar-refractivity contribution is 0.296. The minimum Gasteiger partial charge on any atom is -0.355 e.